The van der Waals surface area contributed by atoms with Crippen LogP contribution in [0.2, 0.25) is 0 Å². The number of carbonyl (C=O) groups is 2. The maximum atomic E-state index is 11.2. The molecule has 3 amide bonds. The Hall–Kier alpha value is -0.770. The van der Waals surface area contributed by atoms with E-state index in [2.05, 4.69) is 24.5 Å². The Morgan fingerprint density at radius 1 is 1.19 bits per heavy atom. The Morgan fingerprint density at radius 3 is 2.31 bits per heavy atom. The van der Waals surface area contributed by atoms with Crippen LogP contribution in [0.25, 0.3) is 0 Å². The molecule has 0 aromatic carbocycles. The second-order valence-corrected chi connectivity index (χ2v) is 4.65. The number of amides is 3. The molecule has 0 aliphatic carbocycles. The van der Waals surface area contributed by atoms with Crippen molar-refractivity contribution in [2.75, 3.05) is 5.88 Å². The first kappa shape index (κ1) is 15.2. The summed E-state index contributed by atoms with van der Waals surface area (Å²) in [5.74, 6) is 0.00204. The molecule has 5 heteroatoms. The molecule has 16 heavy (non-hydrogen) atoms. The van der Waals surface area contributed by atoms with E-state index in [-0.39, 0.29) is 11.9 Å². The lowest BCUT2D eigenvalue weighted by atomic mass is 10.0. The van der Waals surface area contributed by atoms with Gasteiger partial charge in [0.25, 0.3) is 0 Å². The summed E-state index contributed by atoms with van der Waals surface area (Å²) in [6, 6.07) is -0.399. The predicted molar refractivity (Wildman–Crippen MR) is 65.5 cm³/mol. The zero-order chi connectivity index (χ0) is 12.6. The first-order chi connectivity index (χ1) is 7.45. The number of urea groups is 1. The van der Waals surface area contributed by atoms with Gasteiger partial charge in [-0.3, -0.25) is 10.1 Å². The Labute approximate surface area is 102 Å². The van der Waals surface area contributed by atoms with Gasteiger partial charge in [0.05, 0.1) is 0 Å². The number of hydrogen-bond donors (Lipinski definition) is 2. The maximum absolute atomic E-state index is 11.2. The standard InChI is InChI=1S/C11H21ClN2O2/c1-8(2)5-4-6-9(3)13-11(16)14-10(15)7-12/h8-9H,4-7H2,1-3H3,(H2,13,14,15,16). The summed E-state index contributed by atoms with van der Waals surface area (Å²) in [5.41, 5.74) is 0. The molecule has 0 rings (SSSR count). The third kappa shape index (κ3) is 8.53. The van der Waals surface area contributed by atoms with Crippen molar-refractivity contribution >= 4 is 23.5 Å². The Morgan fingerprint density at radius 2 is 1.81 bits per heavy atom. The van der Waals surface area contributed by atoms with Crippen LogP contribution in [-0.2, 0) is 4.79 Å². The average Bonchev–Trinajstić information content (AvgIpc) is 2.16. The summed E-state index contributed by atoms with van der Waals surface area (Å²) in [6.07, 6.45) is 3.14. The van der Waals surface area contributed by atoms with E-state index in [0.29, 0.717) is 5.92 Å². The fourth-order valence-corrected chi connectivity index (χ4v) is 1.39. The minimum atomic E-state index is -0.478. The minimum absolute atomic E-state index is 0.0712. The van der Waals surface area contributed by atoms with Crippen molar-refractivity contribution in [3.05, 3.63) is 0 Å². The lowest BCUT2D eigenvalue weighted by molar-refractivity contribution is -0.117. The van der Waals surface area contributed by atoms with Gasteiger partial charge in [-0.25, -0.2) is 4.79 Å². The van der Waals surface area contributed by atoms with Crippen LogP contribution in [0.1, 0.15) is 40.0 Å². The van der Waals surface area contributed by atoms with Crippen LogP contribution in [0.15, 0.2) is 0 Å². The highest BCUT2D eigenvalue weighted by Gasteiger charge is 2.09. The summed E-state index contributed by atoms with van der Waals surface area (Å²) in [7, 11) is 0. The van der Waals surface area contributed by atoms with E-state index in [9.17, 15) is 9.59 Å². The molecule has 4 nitrogen and oxygen atoms in total. The predicted octanol–water partition coefficient (Wildman–Crippen LogP) is 2.27. The molecule has 0 radical (unpaired) electrons. The average molecular weight is 249 g/mol. The van der Waals surface area contributed by atoms with E-state index in [1.807, 2.05) is 6.92 Å². The number of rotatable bonds is 6. The van der Waals surface area contributed by atoms with Gasteiger partial charge in [-0.05, 0) is 19.3 Å². The molecule has 2 N–H and O–H groups in total. The van der Waals surface area contributed by atoms with Crippen molar-refractivity contribution in [2.45, 2.75) is 46.1 Å². The fourth-order valence-electron chi connectivity index (χ4n) is 1.32. The molecule has 1 atom stereocenters. The first-order valence-corrected chi connectivity index (χ1v) is 6.15. The quantitative estimate of drug-likeness (QED) is 0.709. The zero-order valence-corrected chi connectivity index (χ0v) is 10.9. The first-order valence-electron chi connectivity index (χ1n) is 5.62. The molecule has 0 saturated heterocycles. The van der Waals surface area contributed by atoms with Crippen LogP contribution >= 0.6 is 11.6 Å². The van der Waals surface area contributed by atoms with Gasteiger partial charge >= 0.3 is 6.03 Å². The van der Waals surface area contributed by atoms with Gasteiger partial charge in [-0.2, -0.15) is 0 Å². The number of alkyl halides is 1. The lowest BCUT2D eigenvalue weighted by Gasteiger charge is -2.14. The van der Waals surface area contributed by atoms with E-state index in [1.165, 1.54) is 0 Å². The number of imide groups is 1. The van der Waals surface area contributed by atoms with Gasteiger partial charge in [-0.15, -0.1) is 11.6 Å². The van der Waals surface area contributed by atoms with E-state index in [1.54, 1.807) is 0 Å². The molecule has 0 bridgehead atoms. The Bertz CT molecular complexity index is 232. The number of halogens is 1. The highest BCUT2D eigenvalue weighted by atomic mass is 35.5. The van der Waals surface area contributed by atoms with Crippen molar-refractivity contribution in [1.29, 1.82) is 0 Å². The summed E-state index contributed by atoms with van der Waals surface area (Å²) < 4.78 is 0. The molecular formula is C11H21ClN2O2. The number of carbonyl (C=O) groups excluding carboxylic acids is 2. The van der Waals surface area contributed by atoms with Crippen molar-refractivity contribution < 1.29 is 9.59 Å². The lowest BCUT2D eigenvalue weighted by Crippen LogP contribution is -2.43. The van der Waals surface area contributed by atoms with Gasteiger partial charge in [0.1, 0.15) is 5.88 Å². The van der Waals surface area contributed by atoms with E-state index in [0.717, 1.165) is 19.3 Å². The van der Waals surface area contributed by atoms with Crippen LogP contribution < -0.4 is 10.6 Å². The summed E-state index contributed by atoms with van der Waals surface area (Å²) >= 11 is 5.26. The van der Waals surface area contributed by atoms with Gasteiger partial charge in [0.15, 0.2) is 0 Å². The molecule has 0 spiro atoms. The molecule has 0 fully saturated rings. The van der Waals surface area contributed by atoms with Crippen LogP contribution in [0.4, 0.5) is 4.79 Å². The molecule has 0 aromatic heterocycles. The summed E-state index contributed by atoms with van der Waals surface area (Å²) in [4.78, 5) is 22.0. The fraction of sp³-hybridized carbons (Fsp3) is 0.818. The molecule has 0 saturated carbocycles. The maximum Gasteiger partial charge on any atom is 0.321 e. The van der Waals surface area contributed by atoms with Gasteiger partial charge in [0.2, 0.25) is 5.91 Å². The SMILES string of the molecule is CC(C)CCCC(C)NC(=O)NC(=O)CCl. The van der Waals surface area contributed by atoms with Crippen LogP contribution in [-0.4, -0.2) is 23.9 Å². The Balaban J connectivity index is 3.66. The zero-order valence-electron chi connectivity index (χ0n) is 10.2. The molecule has 1 unspecified atom stereocenters. The smallest absolute Gasteiger partial charge is 0.321 e. The van der Waals surface area contributed by atoms with Gasteiger partial charge in [0, 0.05) is 6.04 Å². The second-order valence-electron chi connectivity index (χ2n) is 4.38. The van der Waals surface area contributed by atoms with Crippen LogP contribution in [0, 0.1) is 5.92 Å². The highest BCUT2D eigenvalue weighted by Crippen LogP contribution is 2.07. The highest BCUT2D eigenvalue weighted by molar-refractivity contribution is 6.28. The molecule has 0 aromatic rings. The topological polar surface area (TPSA) is 58.2 Å². The van der Waals surface area contributed by atoms with E-state index < -0.39 is 11.9 Å². The van der Waals surface area contributed by atoms with Crippen LogP contribution in [0.5, 0.6) is 0 Å². The minimum Gasteiger partial charge on any atom is -0.335 e. The summed E-state index contributed by atoms with van der Waals surface area (Å²) in [5, 5.41) is 4.83. The third-order valence-corrected chi connectivity index (χ3v) is 2.41. The van der Waals surface area contributed by atoms with Gasteiger partial charge < -0.3 is 5.32 Å². The molecule has 94 valence electrons. The third-order valence-electron chi connectivity index (χ3n) is 2.17. The van der Waals surface area contributed by atoms with Crippen molar-refractivity contribution in [3.63, 3.8) is 0 Å². The van der Waals surface area contributed by atoms with E-state index in [4.69, 9.17) is 11.6 Å². The van der Waals surface area contributed by atoms with E-state index >= 15 is 0 Å². The normalized spacial score (nSPS) is 12.3. The molecule has 0 heterocycles. The number of hydrogen-bond acceptors (Lipinski definition) is 2. The van der Waals surface area contributed by atoms with Crippen molar-refractivity contribution in [3.8, 4) is 0 Å². The largest absolute Gasteiger partial charge is 0.335 e. The molecule has 0 aliphatic heterocycles. The Kier molecular flexibility index (Phi) is 7.99. The van der Waals surface area contributed by atoms with Crippen molar-refractivity contribution in [2.24, 2.45) is 5.92 Å². The monoisotopic (exact) mass is 248 g/mol. The van der Waals surface area contributed by atoms with Gasteiger partial charge in [-0.1, -0.05) is 26.7 Å². The number of nitrogens with one attached hydrogen (secondary N) is 2. The van der Waals surface area contributed by atoms with Crippen LogP contribution in [0.3, 0.4) is 0 Å². The molecule has 0 aliphatic rings. The second kappa shape index (κ2) is 8.39. The summed E-state index contributed by atoms with van der Waals surface area (Å²) in [6.45, 7) is 6.26. The van der Waals surface area contributed by atoms with Crippen molar-refractivity contribution in [1.82, 2.24) is 10.6 Å². The molecular weight excluding hydrogens is 228 g/mol.